The second kappa shape index (κ2) is 4.40. The van der Waals surface area contributed by atoms with Crippen LogP contribution in [0.5, 0.6) is 0 Å². The predicted octanol–water partition coefficient (Wildman–Crippen LogP) is 1.71. The van der Waals surface area contributed by atoms with Gasteiger partial charge in [-0.15, -0.1) is 0 Å². The van der Waals surface area contributed by atoms with Gasteiger partial charge >= 0.3 is 0 Å². The van der Waals surface area contributed by atoms with Crippen LogP contribution < -0.4 is 5.32 Å². The normalized spacial score (nSPS) is 35.0. The van der Waals surface area contributed by atoms with Crippen molar-refractivity contribution in [2.45, 2.75) is 63.4 Å². The lowest BCUT2D eigenvalue weighted by Gasteiger charge is -2.25. The second-order valence-electron chi connectivity index (χ2n) is 5.38. The summed E-state index contributed by atoms with van der Waals surface area (Å²) in [5.74, 6) is 0. The Morgan fingerprint density at radius 3 is 2.73 bits per heavy atom. The van der Waals surface area contributed by atoms with Crippen LogP contribution in [-0.2, 0) is 9.47 Å². The third-order valence-corrected chi connectivity index (χ3v) is 3.79. The fourth-order valence-electron chi connectivity index (χ4n) is 2.51. The van der Waals surface area contributed by atoms with Gasteiger partial charge in [0.1, 0.15) is 0 Å². The molecule has 2 heterocycles. The highest BCUT2D eigenvalue weighted by molar-refractivity contribution is 4.94. The van der Waals surface area contributed by atoms with E-state index in [1.54, 1.807) is 7.11 Å². The Kier molecular flexibility index (Phi) is 3.33. The lowest BCUT2D eigenvalue weighted by atomic mass is 9.95. The Morgan fingerprint density at radius 2 is 2.20 bits per heavy atom. The molecule has 3 unspecified atom stereocenters. The largest absolute Gasteiger partial charge is 0.379 e. The van der Waals surface area contributed by atoms with Crippen molar-refractivity contribution < 1.29 is 9.47 Å². The van der Waals surface area contributed by atoms with Gasteiger partial charge in [-0.1, -0.05) is 0 Å². The van der Waals surface area contributed by atoms with Crippen molar-refractivity contribution in [2.75, 3.05) is 13.7 Å². The molecule has 2 fully saturated rings. The van der Waals surface area contributed by atoms with E-state index in [1.165, 1.54) is 19.3 Å². The molecule has 3 heteroatoms. The minimum atomic E-state index is -0.00846. The molecule has 0 aromatic carbocycles. The number of fused-ring (bicyclic) bond motifs is 2. The monoisotopic (exact) mass is 213 g/mol. The van der Waals surface area contributed by atoms with E-state index < -0.39 is 0 Å². The standard InChI is InChI=1S/C12H23NO2/c1-12(2,14-3)6-7-13-10-8-9-4-5-11(10)15-9/h9-11,13H,4-8H2,1-3H3. The van der Waals surface area contributed by atoms with E-state index in [9.17, 15) is 0 Å². The molecule has 2 bridgehead atoms. The van der Waals surface area contributed by atoms with Gasteiger partial charge < -0.3 is 14.8 Å². The third kappa shape index (κ3) is 2.71. The highest BCUT2D eigenvalue weighted by Crippen LogP contribution is 2.34. The maximum atomic E-state index is 5.80. The molecule has 2 aliphatic rings. The fraction of sp³-hybridized carbons (Fsp3) is 1.00. The minimum Gasteiger partial charge on any atom is -0.379 e. The Balaban J connectivity index is 1.67. The molecule has 0 saturated carbocycles. The van der Waals surface area contributed by atoms with Crippen LogP contribution in [0.3, 0.4) is 0 Å². The number of ether oxygens (including phenoxy) is 2. The van der Waals surface area contributed by atoms with Crippen molar-refractivity contribution in [2.24, 2.45) is 0 Å². The molecule has 0 amide bonds. The highest BCUT2D eigenvalue weighted by Gasteiger charge is 2.40. The maximum absolute atomic E-state index is 5.80. The van der Waals surface area contributed by atoms with Gasteiger partial charge in [-0.25, -0.2) is 0 Å². The van der Waals surface area contributed by atoms with Gasteiger partial charge in [0.2, 0.25) is 0 Å². The van der Waals surface area contributed by atoms with Gasteiger partial charge in [0.05, 0.1) is 17.8 Å². The molecular weight excluding hydrogens is 190 g/mol. The molecule has 3 atom stereocenters. The molecule has 88 valence electrons. The number of hydrogen-bond donors (Lipinski definition) is 1. The van der Waals surface area contributed by atoms with Crippen LogP contribution in [0.25, 0.3) is 0 Å². The van der Waals surface area contributed by atoms with Gasteiger partial charge in [-0.05, 0) is 46.1 Å². The molecule has 3 nitrogen and oxygen atoms in total. The number of nitrogens with one attached hydrogen (secondary N) is 1. The highest BCUT2D eigenvalue weighted by atomic mass is 16.5. The van der Waals surface area contributed by atoms with Crippen molar-refractivity contribution in [3.63, 3.8) is 0 Å². The van der Waals surface area contributed by atoms with Crippen LogP contribution in [-0.4, -0.2) is 37.5 Å². The first-order valence-corrected chi connectivity index (χ1v) is 6.05. The smallest absolute Gasteiger partial charge is 0.0733 e. The van der Waals surface area contributed by atoms with E-state index >= 15 is 0 Å². The van der Waals surface area contributed by atoms with Crippen LogP contribution in [0, 0.1) is 0 Å². The van der Waals surface area contributed by atoms with Crippen LogP contribution in [0.1, 0.15) is 39.5 Å². The van der Waals surface area contributed by atoms with Crippen molar-refractivity contribution in [3.05, 3.63) is 0 Å². The summed E-state index contributed by atoms with van der Waals surface area (Å²) in [5, 5.41) is 3.60. The van der Waals surface area contributed by atoms with Crippen molar-refractivity contribution in [1.29, 1.82) is 0 Å². The van der Waals surface area contributed by atoms with Crippen LogP contribution >= 0.6 is 0 Å². The minimum absolute atomic E-state index is 0.00846. The molecular formula is C12H23NO2. The van der Waals surface area contributed by atoms with Gasteiger partial charge in [0, 0.05) is 13.2 Å². The molecule has 15 heavy (non-hydrogen) atoms. The third-order valence-electron chi connectivity index (χ3n) is 3.79. The van der Waals surface area contributed by atoms with Crippen LogP contribution in [0.15, 0.2) is 0 Å². The van der Waals surface area contributed by atoms with E-state index in [2.05, 4.69) is 19.2 Å². The fourth-order valence-corrected chi connectivity index (χ4v) is 2.51. The van der Waals surface area contributed by atoms with Crippen molar-refractivity contribution >= 4 is 0 Å². The first-order chi connectivity index (χ1) is 7.11. The molecule has 2 aliphatic heterocycles. The SMILES string of the molecule is COC(C)(C)CCNC1CC2CCC1O2. The van der Waals surface area contributed by atoms with Gasteiger partial charge in [-0.2, -0.15) is 0 Å². The average molecular weight is 213 g/mol. The van der Waals surface area contributed by atoms with Gasteiger partial charge in [0.25, 0.3) is 0 Å². The molecule has 1 N–H and O–H groups in total. The Labute approximate surface area is 92.5 Å². The topological polar surface area (TPSA) is 30.5 Å². The zero-order valence-corrected chi connectivity index (χ0v) is 10.1. The molecule has 0 aliphatic carbocycles. The summed E-state index contributed by atoms with van der Waals surface area (Å²) in [6.07, 6.45) is 5.81. The molecule has 2 rings (SSSR count). The summed E-state index contributed by atoms with van der Waals surface area (Å²) in [6.45, 7) is 5.29. The Hall–Kier alpha value is -0.120. The summed E-state index contributed by atoms with van der Waals surface area (Å²) in [4.78, 5) is 0. The van der Waals surface area contributed by atoms with Gasteiger partial charge in [-0.3, -0.25) is 0 Å². The summed E-state index contributed by atoms with van der Waals surface area (Å²) in [7, 11) is 1.78. The van der Waals surface area contributed by atoms with E-state index in [4.69, 9.17) is 9.47 Å². The Morgan fingerprint density at radius 1 is 1.40 bits per heavy atom. The quantitative estimate of drug-likeness (QED) is 0.754. The zero-order chi connectivity index (χ0) is 10.9. The maximum Gasteiger partial charge on any atom is 0.0733 e. The molecule has 0 radical (unpaired) electrons. The summed E-state index contributed by atoms with van der Waals surface area (Å²) < 4.78 is 11.2. The van der Waals surface area contributed by atoms with Crippen LogP contribution in [0.2, 0.25) is 0 Å². The number of rotatable bonds is 5. The van der Waals surface area contributed by atoms with E-state index in [-0.39, 0.29) is 5.60 Å². The predicted molar refractivity (Wildman–Crippen MR) is 60.0 cm³/mol. The van der Waals surface area contributed by atoms with Crippen molar-refractivity contribution in [3.8, 4) is 0 Å². The number of hydrogen-bond acceptors (Lipinski definition) is 3. The van der Waals surface area contributed by atoms with E-state index in [0.717, 1.165) is 13.0 Å². The molecule has 0 aromatic heterocycles. The number of methoxy groups -OCH3 is 1. The van der Waals surface area contributed by atoms with Crippen molar-refractivity contribution in [1.82, 2.24) is 5.32 Å². The molecule has 0 aromatic rings. The summed E-state index contributed by atoms with van der Waals surface area (Å²) in [5.41, 5.74) is -0.00846. The summed E-state index contributed by atoms with van der Waals surface area (Å²) in [6, 6.07) is 0.594. The van der Waals surface area contributed by atoms with Gasteiger partial charge in [0.15, 0.2) is 0 Å². The summed E-state index contributed by atoms with van der Waals surface area (Å²) >= 11 is 0. The average Bonchev–Trinajstić information content (AvgIpc) is 2.79. The first-order valence-electron chi connectivity index (χ1n) is 6.05. The molecule has 0 spiro atoms. The zero-order valence-electron chi connectivity index (χ0n) is 10.1. The molecule has 2 saturated heterocycles. The Bertz CT molecular complexity index is 218. The lowest BCUT2D eigenvalue weighted by Crippen LogP contribution is -2.40. The lowest BCUT2D eigenvalue weighted by molar-refractivity contribution is 0.0146. The van der Waals surface area contributed by atoms with E-state index in [1.807, 2.05) is 0 Å². The van der Waals surface area contributed by atoms with E-state index in [0.29, 0.717) is 18.2 Å². The first kappa shape index (κ1) is 11.4. The van der Waals surface area contributed by atoms with Crippen LogP contribution in [0.4, 0.5) is 0 Å². The second-order valence-corrected chi connectivity index (χ2v) is 5.38.